The zero-order valence-electron chi connectivity index (χ0n) is 12.4. The summed E-state index contributed by atoms with van der Waals surface area (Å²) in [5.41, 5.74) is 1.31. The number of hydrogen-bond acceptors (Lipinski definition) is 4. The van der Waals surface area contributed by atoms with Crippen LogP contribution < -0.4 is 0 Å². The number of carbonyl (C=O) groups is 1. The molecule has 0 saturated carbocycles. The van der Waals surface area contributed by atoms with E-state index >= 15 is 0 Å². The first-order valence-electron chi connectivity index (χ1n) is 7.37. The number of aromatic amines is 1. The highest BCUT2D eigenvalue weighted by atomic mass is 19.1. The number of piperazine rings is 1. The van der Waals surface area contributed by atoms with Gasteiger partial charge in [-0.3, -0.25) is 9.69 Å². The van der Waals surface area contributed by atoms with E-state index in [-0.39, 0.29) is 12.0 Å². The number of aliphatic hydroxyl groups is 1. The van der Waals surface area contributed by atoms with Crippen molar-refractivity contribution in [2.45, 2.75) is 13.0 Å². The number of aromatic nitrogens is 2. The van der Waals surface area contributed by atoms with Crippen LogP contribution in [0.3, 0.4) is 0 Å². The van der Waals surface area contributed by atoms with Gasteiger partial charge in [-0.1, -0.05) is 0 Å². The van der Waals surface area contributed by atoms with Gasteiger partial charge in [-0.05, 0) is 19.1 Å². The van der Waals surface area contributed by atoms with Gasteiger partial charge in [-0.2, -0.15) is 0 Å². The lowest BCUT2D eigenvalue weighted by atomic mass is 10.1. The molecule has 1 aromatic carbocycles. The third kappa shape index (κ3) is 2.95. The number of β-amino-alcohol motifs (C(OH)–C–C–N with tert-alkyl or cyclic N) is 1. The summed E-state index contributed by atoms with van der Waals surface area (Å²) in [6, 6.07) is 2.58. The van der Waals surface area contributed by atoms with Crippen LogP contribution in [0, 0.1) is 5.82 Å². The summed E-state index contributed by atoms with van der Waals surface area (Å²) in [6.07, 6.45) is 1.08. The molecule has 1 atom stereocenters. The Bertz CT molecular complexity index is 677. The van der Waals surface area contributed by atoms with Crippen LogP contribution in [0.15, 0.2) is 18.5 Å². The van der Waals surface area contributed by atoms with Gasteiger partial charge in [-0.15, -0.1) is 0 Å². The molecule has 1 aliphatic rings. The number of halogens is 1. The number of imidazole rings is 1. The number of hydrogen-bond donors (Lipinski definition) is 2. The molecule has 0 bridgehead atoms. The van der Waals surface area contributed by atoms with Gasteiger partial charge in [0.2, 0.25) is 0 Å². The van der Waals surface area contributed by atoms with Gasteiger partial charge in [0.15, 0.2) is 0 Å². The zero-order valence-corrected chi connectivity index (χ0v) is 12.4. The summed E-state index contributed by atoms with van der Waals surface area (Å²) >= 11 is 0. The molecule has 2 N–H and O–H groups in total. The second-order valence-electron chi connectivity index (χ2n) is 5.69. The van der Waals surface area contributed by atoms with E-state index in [0.717, 1.165) is 0 Å². The van der Waals surface area contributed by atoms with E-state index in [9.17, 15) is 14.3 Å². The minimum atomic E-state index is -0.451. The Morgan fingerprint density at radius 2 is 2.14 bits per heavy atom. The molecule has 1 aliphatic heterocycles. The fourth-order valence-corrected chi connectivity index (χ4v) is 2.86. The van der Waals surface area contributed by atoms with Crippen molar-refractivity contribution in [1.29, 1.82) is 0 Å². The van der Waals surface area contributed by atoms with Gasteiger partial charge in [0.1, 0.15) is 11.3 Å². The minimum absolute atomic E-state index is 0.201. The quantitative estimate of drug-likeness (QED) is 0.881. The van der Waals surface area contributed by atoms with Crippen LogP contribution in [-0.2, 0) is 0 Å². The van der Waals surface area contributed by atoms with Crippen LogP contribution >= 0.6 is 0 Å². The predicted octanol–water partition coefficient (Wildman–Crippen LogP) is 0.841. The number of carbonyl (C=O) groups excluding carboxylic acids is 1. The lowest BCUT2D eigenvalue weighted by Gasteiger charge is -2.35. The number of fused-ring (bicyclic) bond motifs is 1. The Hall–Kier alpha value is -1.99. The van der Waals surface area contributed by atoms with E-state index in [4.69, 9.17) is 0 Å². The number of H-pyrrole nitrogens is 1. The number of rotatable bonds is 3. The maximum absolute atomic E-state index is 13.7. The predicted molar refractivity (Wildman–Crippen MR) is 80.1 cm³/mol. The number of nitrogens with one attached hydrogen (secondary N) is 1. The third-order valence-corrected chi connectivity index (χ3v) is 3.90. The molecule has 0 radical (unpaired) electrons. The highest BCUT2D eigenvalue weighted by Crippen LogP contribution is 2.19. The van der Waals surface area contributed by atoms with Crippen LogP contribution in [-0.4, -0.2) is 69.6 Å². The highest BCUT2D eigenvalue weighted by Gasteiger charge is 2.25. The Labute approximate surface area is 127 Å². The van der Waals surface area contributed by atoms with Crippen molar-refractivity contribution in [1.82, 2.24) is 19.8 Å². The van der Waals surface area contributed by atoms with Crippen LogP contribution in [0.5, 0.6) is 0 Å². The molecule has 7 heteroatoms. The summed E-state index contributed by atoms with van der Waals surface area (Å²) in [5, 5.41) is 9.41. The van der Waals surface area contributed by atoms with Gasteiger partial charge < -0.3 is 15.0 Å². The molecule has 1 saturated heterocycles. The maximum atomic E-state index is 13.7. The summed E-state index contributed by atoms with van der Waals surface area (Å²) in [4.78, 5) is 23.4. The highest BCUT2D eigenvalue weighted by molar-refractivity contribution is 6.04. The van der Waals surface area contributed by atoms with Crippen LogP contribution in [0.4, 0.5) is 4.39 Å². The Morgan fingerprint density at radius 1 is 1.41 bits per heavy atom. The second-order valence-corrected chi connectivity index (χ2v) is 5.69. The summed E-state index contributed by atoms with van der Waals surface area (Å²) in [6.45, 7) is 4.89. The summed E-state index contributed by atoms with van der Waals surface area (Å²) in [5.74, 6) is -0.652. The third-order valence-electron chi connectivity index (χ3n) is 3.90. The summed E-state index contributed by atoms with van der Waals surface area (Å²) < 4.78 is 13.7. The molecular weight excluding hydrogens is 287 g/mol. The Kier molecular flexibility index (Phi) is 4.08. The molecular formula is C15H19FN4O2. The fraction of sp³-hybridized carbons (Fsp3) is 0.467. The van der Waals surface area contributed by atoms with Gasteiger partial charge in [0.25, 0.3) is 5.91 Å². The Morgan fingerprint density at radius 3 is 2.82 bits per heavy atom. The van der Waals surface area contributed by atoms with Crippen molar-refractivity contribution >= 4 is 16.9 Å². The van der Waals surface area contributed by atoms with E-state index in [1.165, 1.54) is 18.5 Å². The molecule has 0 aliphatic carbocycles. The first-order valence-corrected chi connectivity index (χ1v) is 7.37. The van der Waals surface area contributed by atoms with Crippen molar-refractivity contribution in [3.63, 3.8) is 0 Å². The van der Waals surface area contributed by atoms with E-state index < -0.39 is 5.82 Å². The molecule has 2 aromatic rings. The minimum Gasteiger partial charge on any atom is -0.392 e. The van der Waals surface area contributed by atoms with Crippen molar-refractivity contribution in [2.75, 3.05) is 32.7 Å². The van der Waals surface area contributed by atoms with Crippen molar-refractivity contribution in [3.05, 3.63) is 29.8 Å². The van der Waals surface area contributed by atoms with Gasteiger partial charge >= 0.3 is 0 Å². The van der Waals surface area contributed by atoms with E-state index in [2.05, 4.69) is 14.9 Å². The average molecular weight is 306 g/mol. The monoisotopic (exact) mass is 306 g/mol. The Balaban J connectivity index is 1.75. The number of nitrogens with zero attached hydrogens (tertiary/aromatic N) is 3. The van der Waals surface area contributed by atoms with Crippen molar-refractivity contribution < 1.29 is 14.3 Å². The topological polar surface area (TPSA) is 72.5 Å². The van der Waals surface area contributed by atoms with Crippen molar-refractivity contribution in [3.8, 4) is 0 Å². The molecule has 22 heavy (non-hydrogen) atoms. The number of amides is 1. The van der Waals surface area contributed by atoms with E-state index in [1.807, 2.05) is 0 Å². The van der Waals surface area contributed by atoms with E-state index in [1.54, 1.807) is 11.8 Å². The standard InChI is InChI=1S/C15H19FN4O2/c1-10(21)8-19-2-4-20(5-3-19)15(22)12-6-11(16)7-13-14(12)18-9-17-13/h6-7,9-10,21H,2-5,8H2,1H3,(H,17,18). The molecule has 6 nitrogen and oxygen atoms in total. The van der Waals surface area contributed by atoms with Gasteiger partial charge in [0, 0.05) is 32.7 Å². The first-order chi connectivity index (χ1) is 10.5. The van der Waals surface area contributed by atoms with Crippen molar-refractivity contribution in [2.24, 2.45) is 0 Å². The lowest BCUT2D eigenvalue weighted by molar-refractivity contribution is 0.0555. The molecule has 3 rings (SSSR count). The molecule has 1 amide bonds. The van der Waals surface area contributed by atoms with E-state index in [0.29, 0.717) is 49.3 Å². The van der Waals surface area contributed by atoms with Gasteiger partial charge in [-0.25, -0.2) is 9.37 Å². The van der Waals surface area contributed by atoms with Gasteiger partial charge in [0.05, 0.1) is 23.5 Å². The largest absolute Gasteiger partial charge is 0.392 e. The number of benzene rings is 1. The van der Waals surface area contributed by atoms with Crippen LogP contribution in [0.2, 0.25) is 0 Å². The molecule has 2 heterocycles. The van der Waals surface area contributed by atoms with Crippen LogP contribution in [0.25, 0.3) is 11.0 Å². The zero-order chi connectivity index (χ0) is 15.7. The molecule has 1 unspecified atom stereocenters. The molecule has 118 valence electrons. The smallest absolute Gasteiger partial charge is 0.256 e. The second kappa shape index (κ2) is 6.02. The average Bonchev–Trinajstić information content (AvgIpc) is 2.94. The SMILES string of the molecule is CC(O)CN1CCN(C(=O)c2cc(F)cc3[nH]cnc23)CC1. The first kappa shape index (κ1) is 14.9. The molecule has 1 fully saturated rings. The maximum Gasteiger partial charge on any atom is 0.256 e. The normalized spacial score (nSPS) is 17.9. The summed E-state index contributed by atoms with van der Waals surface area (Å²) in [7, 11) is 0. The number of aliphatic hydroxyl groups excluding tert-OH is 1. The fourth-order valence-electron chi connectivity index (χ4n) is 2.86. The van der Waals surface area contributed by atoms with Crippen LogP contribution in [0.1, 0.15) is 17.3 Å². The lowest BCUT2D eigenvalue weighted by Crippen LogP contribution is -2.50. The molecule has 1 aromatic heterocycles. The molecule has 0 spiro atoms.